The molecule has 9 nitrogen and oxygen atoms in total. The largest absolute Gasteiger partial charge is 0.481 e. The maximum absolute atomic E-state index is 12.0. The highest BCUT2D eigenvalue weighted by Gasteiger charge is 2.06. The van der Waals surface area contributed by atoms with Crippen LogP contribution in [0.1, 0.15) is 10.4 Å². The first-order valence-electron chi connectivity index (χ1n) is 7.62. The minimum absolute atomic E-state index is 0.197. The van der Waals surface area contributed by atoms with Gasteiger partial charge in [0.05, 0.1) is 12.7 Å². The van der Waals surface area contributed by atoms with Gasteiger partial charge in [-0.25, -0.2) is 9.67 Å². The lowest BCUT2D eigenvalue weighted by atomic mass is 10.2. The van der Waals surface area contributed by atoms with Gasteiger partial charge in [0.1, 0.15) is 5.82 Å². The minimum Gasteiger partial charge on any atom is -0.481 e. The topological polar surface area (TPSA) is 107 Å². The molecule has 0 aromatic carbocycles. The minimum atomic E-state index is -0.197. The van der Waals surface area contributed by atoms with Crippen LogP contribution in [0.25, 0.3) is 5.82 Å². The number of rotatable bonds is 7. The van der Waals surface area contributed by atoms with E-state index in [4.69, 9.17) is 4.74 Å². The van der Waals surface area contributed by atoms with Gasteiger partial charge in [-0.15, -0.1) is 10.2 Å². The average Bonchev–Trinajstić information content (AvgIpc) is 3.20. The van der Waals surface area contributed by atoms with Gasteiger partial charge in [0, 0.05) is 37.7 Å². The molecule has 3 rings (SSSR count). The number of carbonyl (C=O) groups excluding carboxylic acids is 1. The standard InChI is InChI=1S/C16H17N7O2/c1-25-15-6-3-12(11-19-15)16(24)18-9-8-17-13-4-5-14(22-21-13)23-10-2-7-20-23/h2-7,10-11H,8-9H2,1H3,(H,17,21)(H,18,24). The van der Waals surface area contributed by atoms with Crippen LogP contribution in [0.15, 0.2) is 48.9 Å². The van der Waals surface area contributed by atoms with Gasteiger partial charge < -0.3 is 15.4 Å². The molecule has 0 aliphatic carbocycles. The van der Waals surface area contributed by atoms with Crippen LogP contribution in [-0.2, 0) is 0 Å². The van der Waals surface area contributed by atoms with E-state index in [2.05, 4.69) is 30.9 Å². The second-order valence-electron chi connectivity index (χ2n) is 5.00. The Morgan fingerprint density at radius 3 is 2.76 bits per heavy atom. The summed E-state index contributed by atoms with van der Waals surface area (Å²) in [6.45, 7) is 0.957. The van der Waals surface area contributed by atoms with Crippen molar-refractivity contribution >= 4 is 11.7 Å². The monoisotopic (exact) mass is 339 g/mol. The molecule has 0 aliphatic rings. The summed E-state index contributed by atoms with van der Waals surface area (Å²) in [5.74, 6) is 1.53. The van der Waals surface area contributed by atoms with Crippen LogP contribution in [0.4, 0.5) is 5.82 Å². The van der Waals surface area contributed by atoms with E-state index in [0.29, 0.717) is 36.2 Å². The number of aromatic nitrogens is 5. The molecule has 1 amide bonds. The van der Waals surface area contributed by atoms with Crippen molar-refractivity contribution in [2.24, 2.45) is 0 Å². The predicted molar refractivity (Wildman–Crippen MR) is 90.8 cm³/mol. The van der Waals surface area contributed by atoms with Crippen molar-refractivity contribution in [3.8, 4) is 11.7 Å². The second-order valence-corrected chi connectivity index (χ2v) is 5.00. The average molecular weight is 339 g/mol. The molecule has 2 N–H and O–H groups in total. The van der Waals surface area contributed by atoms with Crippen LogP contribution < -0.4 is 15.4 Å². The molecular weight excluding hydrogens is 322 g/mol. The fourth-order valence-corrected chi connectivity index (χ4v) is 2.05. The highest BCUT2D eigenvalue weighted by atomic mass is 16.5. The SMILES string of the molecule is COc1ccc(C(=O)NCCNc2ccc(-n3cccn3)nn2)cn1. The lowest BCUT2D eigenvalue weighted by Gasteiger charge is -2.08. The van der Waals surface area contributed by atoms with Gasteiger partial charge in [-0.1, -0.05) is 0 Å². The van der Waals surface area contributed by atoms with E-state index in [-0.39, 0.29) is 5.91 Å². The summed E-state index contributed by atoms with van der Waals surface area (Å²) in [6, 6.07) is 8.73. The van der Waals surface area contributed by atoms with Crippen molar-refractivity contribution in [1.82, 2.24) is 30.3 Å². The first kappa shape index (κ1) is 16.4. The summed E-state index contributed by atoms with van der Waals surface area (Å²) in [6.07, 6.45) is 4.94. The Kier molecular flexibility index (Phi) is 5.15. The third-order valence-corrected chi connectivity index (χ3v) is 3.31. The number of nitrogens with one attached hydrogen (secondary N) is 2. The zero-order valence-corrected chi connectivity index (χ0v) is 13.6. The third-order valence-electron chi connectivity index (χ3n) is 3.31. The predicted octanol–water partition coefficient (Wildman–Crippen LogP) is 0.908. The third kappa shape index (κ3) is 4.28. The zero-order chi connectivity index (χ0) is 17.5. The molecule has 9 heteroatoms. The summed E-state index contributed by atoms with van der Waals surface area (Å²) >= 11 is 0. The molecule has 3 heterocycles. The smallest absolute Gasteiger partial charge is 0.252 e. The van der Waals surface area contributed by atoms with Crippen LogP contribution in [0.2, 0.25) is 0 Å². The van der Waals surface area contributed by atoms with Crippen LogP contribution in [-0.4, -0.2) is 51.1 Å². The van der Waals surface area contributed by atoms with Crippen molar-refractivity contribution in [3.05, 3.63) is 54.5 Å². The number of methoxy groups -OCH3 is 1. The molecule has 0 saturated carbocycles. The fraction of sp³-hybridized carbons (Fsp3) is 0.188. The molecule has 0 bridgehead atoms. The van der Waals surface area contributed by atoms with E-state index in [0.717, 1.165) is 0 Å². The lowest BCUT2D eigenvalue weighted by molar-refractivity contribution is 0.0954. The number of nitrogens with zero attached hydrogens (tertiary/aromatic N) is 5. The van der Waals surface area contributed by atoms with E-state index in [1.165, 1.54) is 13.3 Å². The first-order valence-corrected chi connectivity index (χ1v) is 7.62. The van der Waals surface area contributed by atoms with Crippen molar-refractivity contribution in [2.45, 2.75) is 0 Å². The molecule has 0 saturated heterocycles. The quantitative estimate of drug-likeness (QED) is 0.616. The number of anilines is 1. The molecular formula is C16H17N7O2. The second kappa shape index (κ2) is 7.86. The number of pyridine rings is 1. The number of carbonyl (C=O) groups is 1. The van der Waals surface area contributed by atoms with Gasteiger partial charge in [-0.2, -0.15) is 5.10 Å². The van der Waals surface area contributed by atoms with E-state index < -0.39 is 0 Å². The van der Waals surface area contributed by atoms with E-state index in [1.807, 2.05) is 12.1 Å². The fourth-order valence-electron chi connectivity index (χ4n) is 2.05. The summed E-state index contributed by atoms with van der Waals surface area (Å²) in [4.78, 5) is 16.0. The number of hydrogen-bond acceptors (Lipinski definition) is 7. The van der Waals surface area contributed by atoms with Gasteiger partial charge in [0.15, 0.2) is 5.82 Å². The Balaban J connectivity index is 1.44. The number of hydrogen-bond donors (Lipinski definition) is 2. The molecule has 0 radical (unpaired) electrons. The van der Waals surface area contributed by atoms with Crippen LogP contribution in [0.3, 0.4) is 0 Å². The molecule has 25 heavy (non-hydrogen) atoms. The van der Waals surface area contributed by atoms with Crippen LogP contribution in [0, 0.1) is 0 Å². The molecule has 0 aliphatic heterocycles. The van der Waals surface area contributed by atoms with Gasteiger partial charge in [0.25, 0.3) is 5.91 Å². The van der Waals surface area contributed by atoms with Crippen LogP contribution >= 0.6 is 0 Å². The normalized spacial score (nSPS) is 10.3. The Morgan fingerprint density at radius 1 is 1.20 bits per heavy atom. The van der Waals surface area contributed by atoms with E-state index in [9.17, 15) is 4.79 Å². The molecule has 0 spiro atoms. The zero-order valence-electron chi connectivity index (χ0n) is 13.6. The Bertz CT molecular complexity index is 802. The Hall–Kier alpha value is -3.49. The van der Waals surface area contributed by atoms with E-state index >= 15 is 0 Å². The molecule has 3 aromatic heterocycles. The van der Waals surface area contributed by atoms with Gasteiger partial charge in [0.2, 0.25) is 5.88 Å². The van der Waals surface area contributed by atoms with Crippen molar-refractivity contribution < 1.29 is 9.53 Å². The molecule has 3 aromatic rings. The van der Waals surface area contributed by atoms with Crippen molar-refractivity contribution in [3.63, 3.8) is 0 Å². The van der Waals surface area contributed by atoms with Crippen LogP contribution in [0.5, 0.6) is 5.88 Å². The molecule has 0 atom stereocenters. The molecule has 128 valence electrons. The highest BCUT2D eigenvalue weighted by Crippen LogP contribution is 2.07. The van der Waals surface area contributed by atoms with E-state index in [1.54, 1.807) is 35.3 Å². The molecule has 0 fully saturated rings. The number of amides is 1. The first-order chi connectivity index (χ1) is 12.3. The van der Waals surface area contributed by atoms with Gasteiger partial charge >= 0.3 is 0 Å². The van der Waals surface area contributed by atoms with Gasteiger partial charge in [-0.3, -0.25) is 4.79 Å². The maximum Gasteiger partial charge on any atom is 0.252 e. The summed E-state index contributed by atoms with van der Waals surface area (Å²) < 4.78 is 6.58. The summed E-state index contributed by atoms with van der Waals surface area (Å²) in [5.41, 5.74) is 0.476. The Labute approximate surface area is 144 Å². The van der Waals surface area contributed by atoms with Crippen molar-refractivity contribution in [2.75, 3.05) is 25.5 Å². The molecule has 0 unspecified atom stereocenters. The summed E-state index contributed by atoms with van der Waals surface area (Å²) in [7, 11) is 1.53. The Morgan fingerprint density at radius 2 is 2.12 bits per heavy atom. The van der Waals surface area contributed by atoms with Crippen molar-refractivity contribution in [1.29, 1.82) is 0 Å². The summed E-state index contributed by atoms with van der Waals surface area (Å²) in [5, 5.41) is 18.1. The highest BCUT2D eigenvalue weighted by molar-refractivity contribution is 5.93. The maximum atomic E-state index is 12.0. The lowest BCUT2D eigenvalue weighted by Crippen LogP contribution is -2.29. The van der Waals surface area contributed by atoms with Gasteiger partial charge in [-0.05, 0) is 24.3 Å². The number of ether oxygens (including phenoxy) is 1.